The molecular weight excluding hydrogens is 438 g/mol. The highest BCUT2D eigenvalue weighted by molar-refractivity contribution is 5.89. The van der Waals surface area contributed by atoms with E-state index in [1.165, 1.54) is 0 Å². The third-order valence-electron chi connectivity index (χ3n) is 6.60. The van der Waals surface area contributed by atoms with Crippen LogP contribution >= 0.6 is 0 Å². The number of morpholine rings is 1. The number of carbonyl (C=O) groups is 2. The van der Waals surface area contributed by atoms with Crippen molar-refractivity contribution in [2.24, 2.45) is 0 Å². The number of aryl methyl sites for hydroxylation is 1. The summed E-state index contributed by atoms with van der Waals surface area (Å²) in [4.78, 5) is 33.8. The molecule has 1 aromatic carbocycles. The second-order valence-corrected chi connectivity index (χ2v) is 8.98. The Balaban J connectivity index is 1.46. The van der Waals surface area contributed by atoms with Crippen LogP contribution in [-0.4, -0.2) is 61.4 Å². The molecule has 9 nitrogen and oxygen atoms in total. The van der Waals surface area contributed by atoms with Crippen LogP contribution < -0.4 is 9.64 Å². The number of carbonyl (C=O) groups excluding carboxylic acids is 2. The molecule has 1 saturated carbocycles. The maximum atomic E-state index is 13.0. The van der Waals surface area contributed by atoms with Crippen LogP contribution in [0.3, 0.4) is 0 Å². The fourth-order valence-electron chi connectivity index (χ4n) is 4.61. The first-order chi connectivity index (χ1) is 16.5. The topological polar surface area (TPSA) is 90.4 Å². The molecule has 0 N–H and O–H groups in total. The molecule has 0 atom stereocenters. The van der Waals surface area contributed by atoms with Crippen LogP contribution in [0.15, 0.2) is 36.4 Å². The fourth-order valence-corrected chi connectivity index (χ4v) is 4.61. The Morgan fingerprint density at radius 1 is 1.21 bits per heavy atom. The maximum absolute atomic E-state index is 13.0. The zero-order valence-corrected chi connectivity index (χ0v) is 19.5. The second kappa shape index (κ2) is 9.32. The lowest BCUT2D eigenvalue weighted by Gasteiger charge is -2.34. The van der Waals surface area contributed by atoms with Gasteiger partial charge in [0.2, 0.25) is 12.2 Å². The average Bonchev–Trinajstić information content (AvgIpc) is 3.61. The number of amides is 2. The Morgan fingerprint density at radius 3 is 2.68 bits per heavy atom. The number of rotatable bonds is 6. The molecule has 1 saturated heterocycles. The Labute approximate surface area is 198 Å². The van der Waals surface area contributed by atoms with E-state index in [4.69, 9.17) is 23.9 Å². The van der Waals surface area contributed by atoms with Crippen LogP contribution in [0.2, 0.25) is 0 Å². The average molecular weight is 468 g/mol. The van der Waals surface area contributed by atoms with Gasteiger partial charge in [0, 0.05) is 27.3 Å². The van der Waals surface area contributed by atoms with Crippen LogP contribution in [0, 0.1) is 0 Å². The smallest absolute Gasteiger partial charge is 0.410 e. The molecule has 1 spiro atoms. The van der Waals surface area contributed by atoms with E-state index in [1.807, 2.05) is 29.2 Å². The normalized spacial score (nSPS) is 18.9. The highest BCUT2D eigenvalue weighted by Gasteiger charge is 2.49. The lowest BCUT2D eigenvalue weighted by Crippen LogP contribution is -2.47. The van der Waals surface area contributed by atoms with Gasteiger partial charge in [0.25, 0.3) is 0 Å². The van der Waals surface area contributed by atoms with Gasteiger partial charge in [-0.15, -0.1) is 0 Å². The monoisotopic (exact) mass is 467 g/mol. The van der Waals surface area contributed by atoms with Crippen LogP contribution in [-0.2, 0) is 32.0 Å². The fraction of sp³-hybridized carbons (Fsp3) is 0.480. The Hall–Kier alpha value is -3.01. The van der Waals surface area contributed by atoms with Crippen molar-refractivity contribution in [1.82, 2.24) is 9.88 Å². The largest absolute Gasteiger partial charge is 0.420 e. The molecule has 2 aliphatic heterocycles. The van der Waals surface area contributed by atoms with Gasteiger partial charge in [0.05, 0.1) is 12.1 Å². The lowest BCUT2D eigenvalue weighted by atomic mass is 10.0. The van der Waals surface area contributed by atoms with Gasteiger partial charge < -0.3 is 23.8 Å². The molecule has 9 heteroatoms. The van der Waals surface area contributed by atoms with Crippen LogP contribution in [0.25, 0.3) is 0 Å². The molecule has 3 aliphatic rings. The van der Waals surface area contributed by atoms with E-state index in [0.29, 0.717) is 36.9 Å². The van der Waals surface area contributed by atoms with E-state index < -0.39 is 12.4 Å². The number of benzene rings is 1. The van der Waals surface area contributed by atoms with Crippen molar-refractivity contribution < 1.29 is 28.5 Å². The molecule has 2 aromatic rings. The lowest BCUT2D eigenvalue weighted by molar-refractivity contribution is -0.152. The third-order valence-corrected chi connectivity index (χ3v) is 6.60. The van der Waals surface area contributed by atoms with Crippen molar-refractivity contribution in [3.63, 3.8) is 0 Å². The highest BCUT2D eigenvalue weighted by atomic mass is 16.7. The second-order valence-electron chi connectivity index (χ2n) is 8.98. The summed E-state index contributed by atoms with van der Waals surface area (Å²) in [5.74, 6) is 0.973. The van der Waals surface area contributed by atoms with E-state index in [-0.39, 0.29) is 18.1 Å². The standard InChI is InChI=1S/C25H29N3O6/c1-31-23(32-2)21-18(14-27-16-25(10-11-25)33-15-20(27)29)13-17-7-6-12-28(22(17)26-21)24(30)34-19-8-4-3-5-9-19/h3-5,8-9,13,23H,6-7,10-12,14-16H2,1-2H3. The van der Waals surface area contributed by atoms with E-state index >= 15 is 0 Å². The Morgan fingerprint density at radius 2 is 1.97 bits per heavy atom. The first-order valence-electron chi connectivity index (χ1n) is 11.6. The number of nitrogens with zero attached hydrogens (tertiary/aromatic N) is 3. The molecule has 5 rings (SSSR count). The van der Waals surface area contributed by atoms with Gasteiger partial charge in [-0.2, -0.15) is 0 Å². The predicted octanol–water partition coefficient (Wildman–Crippen LogP) is 3.22. The summed E-state index contributed by atoms with van der Waals surface area (Å²) in [5, 5.41) is 0. The molecule has 2 amide bonds. The Bertz CT molecular complexity index is 1070. The molecule has 180 valence electrons. The highest BCUT2D eigenvalue weighted by Crippen LogP contribution is 2.43. The summed E-state index contributed by atoms with van der Waals surface area (Å²) >= 11 is 0. The van der Waals surface area contributed by atoms with Gasteiger partial charge in [-0.3, -0.25) is 9.69 Å². The molecule has 1 aromatic heterocycles. The number of hydrogen-bond acceptors (Lipinski definition) is 7. The minimum absolute atomic E-state index is 0.0411. The van der Waals surface area contributed by atoms with Crippen molar-refractivity contribution >= 4 is 17.8 Å². The summed E-state index contributed by atoms with van der Waals surface area (Å²) in [6.45, 7) is 1.56. The predicted molar refractivity (Wildman–Crippen MR) is 122 cm³/mol. The summed E-state index contributed by atoms with van der Waals surface area (Å²) in [5.41, 5.74) is 2.14. The molecule has 1 aliphatic carbocycles. The van der Waals surface area contributed by atoms with E-state index in [2.05, 4.69) is 0 Å². The first kappa shape index (κ1) is 22.8. The SMILES string of the molecule is COC(OC)c1nc2c(cc1CN1CC3(CC3)OCC1=O)CCCN2C(=O)Oc1ccccc1. The minimum atomic E-state index is -0.736. The van der Waals surface area contributed by atoms with Crippen molar-refractivity contribution in [1.29, 1.82) is 0 Å². The first-order valence-corrected chi connectivity index (χ1v) is 11.6. The maximum Gasteiger partial charge on any atom is 0.420 e. The molecule has 34 heavy (non-hydrogen) atoms. The third kappa shape index (κ3) is 4.51. The number of ether oxygens (including phenoxy) is 4. The number of pyridine rings is 1. The van der Waals surface area contributed by atoms with E-state index in [9.17, 15) is 9.59 Å². The zero-order valence-electron chi connectivity index (χ0n) is 19.5. The van der Waals surface area contributed by atoms with Crippen LogP contribution in [0.4, 0.5) is 10.6 Å². The van der Waals surface area contributed by atoms with Gasteiger partial charge in [-0.05, 0) is 55.0 Å². The summed E-state index contributed by atoms with van der Waals surface area (Å²) < 4.78 is 22.4. The molecule has 2 fully saturated rings. The number of fused-ring (bicyclic) bond motifs is 1. The van der Waals surface area contributed by atoms with Crippen LogP contribution in [0.1, 0.15) is 42.4 Å². The van der Waals surface area contributed by atoms with Crippen LogP contribution in [0.5, 0.6) is 5.75 Å². The number of methoxy groups -OCH3 is 2. The number of aromatic nitrogens is 1. The number of para-hydroxylation sites is 1. The molecule has 3 heterocycles. The summed E-state index contributed by atoms with van der Waals surface area (Å²) in [6, 6.07) is 11.0. The number of anilines is 1. The van der Waals surface area contributed by atoms with Crippen molar-refractivity contribution in [2.75, 3.05) is 38.8 Å². The summed E-state index contributed by atoms with van der Waals surface area (Å²) in [6.07, 6.45) is 2.29. The van der Waals surface area contributed by atoms with Crippen molar-refractivity contribution in [2.45, 2.75) is 44.1 Å². The molecule has 0 radical (unpaired) electrons. The van der Waals surface area contributed by atoms with Gasteiger partial charge in [0.1, 0.15) is 23.9 Å². The Kier molecular flexibility index (Phi) is 6.24. The summed E-state index contributed by atoms with van der Waals surface area (Å²) in [7, 11) is 3.08. The van der Waals surface area contributed by atoms with Crippen molar-refractivity contribution in [3.05, 3.63) is 53.2 Å². The van der Waals surface area contributed by atoms with Gasteiger partial charge in [-0.25, -0.2) is 9.78 Å². The molecule has 0 bridgehead atoms. The van der Waals surface area contributed by atoms with Crippen molar-refractivity contribution in [3.8, 4) is 5.75 Å². The van der Waals surface area contributed by atoms with E-state index in [1.54, 1.807) is 31.3 Å². The minimum Gasteiger partial charge on any atom is -0.410 e. The zero-order chi connectivity index (χ0) is 23.7. The van der Waals surface area contributed by atoms with E-state index in [0.717, 1.165) is 36.8 Å². The van der Waals surface area contributed by atoms with Gasteiger partial charge in [0.15, 0.2) is 0 Å². The van der Waals surface area contributed by atoms with Gasteiger partial charge >= 0.3 is 6.09 Å². The number of hydrogen-bond donors (Lipinski definition) is 0. The quantitative estimate of drug-likeness (QED) is 0.603. The molecule has 0 unspecified atom stereocenters. The molecular formula is C25H29N3O6. The van der Waals surface area contributed by atoms with Gasteiger partial charge in [-0.1, -0.05) is 18.2 Å².